The molecule has 0 aliphatic carbocycles. The van der Waals surface area contributed by atoms with E-state index < -0.39 is 0 Å². The van der Waals surface area contributed by atoms with Crippen LogP contribution < -0.4 is 16.2 Å². The van der Waals surface area contributed by atoms with Gasteiger partial charge < -0.3 is 0 Å². The Hall–Kier alpha value is -2.11. The van der Waals surface area contributed by atoms with E-state index in [1.54, 1.807) is 12.1 Å². The molecule has 21 heavy (non-hydrogen) atoms. The van der Waals surface area contributed by atoms with Gasteiger partial charge >= 0.3 is 0 Å². The zero-order valence-electron chi connectivity index (χ0n) is 11.3. The summed E-state index contributed by atoms with van der Waals surface area (Å²) in [5.74, 6) is -0.354. The van der Waals surface area contributed by atoms with E-state index in [1.165, 1.54) is 0 Å². The Bertz CT molecular complexity index is 661. The molecule has 2 aromatic rings. The van der Waals surface area contributed by atoms with Gasteiger partial charge in [0.15, 0.2) is 5.11 Å². The Morgan fingerprint density at radius 1 is 1.14 bits per heavy atom. The van der Waals surface area contributed by atoms with Crippen LogP contribution >= 0.6 is 23.8 Å². The van der Waals surface area contributed by atoms with Crippen LogP contribution in [-0.4, -0.2) is 11.0 Å². The quantitative estimate of drug-likeness (QED) is 0.600. The predicted molar refractivity (Wildman–Crippen MR) is 89.5 cm³/mol. The summed E-state index contributed by atoms with van der Waals surface area (Å²) < 4.78 is 0. The van der Waals surface area contributed by atoms with E-state index in [0.717, 1.165) is 11.3 Å². The highest BCUT2D eigenvalue weighted by Crippen LogP contribution is 2.17. The normalized spacial score (nSPS) is 9.81. The van der Waals surface area contributed by atoms with Gasteiger partial charge in [-0.2, -0.15) is 0 Å². The van der Waals surface area contributed by atoms with Gasteiger partial charge in [0.05, 0.1) is 16.3 Å². The Kier molecular flexibility index (Phi) is 5.14. The topological polar surface area (TPSA) is 53.2 Å². The van der Waals surface area contributed by atoms with Gasteiger partial charge in [-0.05, 0) is 49.0 Å². The van der Waals surface area contributed by atoms with Gasteiger partial charge in [-0.3, -0.25) is 21.0 Å². The van der Waals surface area contributed by atoms with Crippen molar-refractivity contribution in [3.63, 3.8) is 0 Å². The SMILES string of the molecule is Cc1ccc(C(=O)NC(=S)NNc2ccccc2)c(Cl)c1. The maximum Gasteiger partial charge on any atom is 0.258 e. The van der Waals surface area contributed by atoms with Crippen LogP contribution in [0, 0.1) is 6.92 Å². The minimum atomic E-state index is -0.354. The van der Waals surface area contributed by atoms with Gasteiger partial charge in [0.1, 0.15) is 0 Å². The van der Waals surface area contributed by atoms with Crippen LogP contribution in [0.5, 0.6) is 0 Å². The van der Waals surface area contributed by atoms with Crippen molar-refractivity contribution in [2.75, 3.05) is 5.43 Å². The van der Waals surface area contributed by atoms with Crippen LogP contribution in [0.4, 0.5) is 5.69 Å². The molecule has 4 nitrogen and oxygen atoms in total. The molecule has 2 aromatic carbocycles. The number of carbonyl (C=O) groups excluding carboxylic acids is 1. The molecular weight excluding hydrogens is 306 g/mol. The highest BCUT2D eigenvalue weighted by Gasteiger charge is 2.11. The molecule has 108 valence electrons. The van der Waals surface area contributed by atoms with E-state index in [0.29, 0.717) is 10.6 Å². The van der Waals surface area contributed by atoms with Crippen LogP contribution in [0.1, 0.15) is 15.9 Å². The molecule has 0 aromatic heterocycles. The molecule has 0 aliphatic rings. The molecule has 0 atom stereocenters. The molecule has 0 radical (unpaired) electrons. The number of thiocarbonyl (C=S) groups is 1. The zero-order valence-corrected chi connectivity index (χ0v) is 12.9. The average molecular weight is 320 g/mol. The lowest BCUT2D eigenvalue weighted by Gasteiger charge is -2.12. The molecule has 0 aliphatic heterocycles. The number of hydrogen-bond donors (Lipinski definition) is 3. The summed E-state index contributed by atoms with van der Waals surface area (Å²) in [4.78, 5) is 12.0. The summed E-state index contributed by atoms with van der Waals surface area (Å²) in [7, 11) is 0. The first-order valence-corrected chi connectivity index (χ1v) is 7.03. The number of carbonyl (C=O) groups is 1. The van der Waals surface area contributed by atoms with Crippen LogP contribution in [0.3, 0.4) is 0 Å². The number of nitrogens with one attached hydrogen (secondary N) is 3. The average Bonchev–Trinajstić information content (AvgIpc) is 2.46. The third kappa shape index (κ3) is 4.44. The Morgan fingerprint density at radius 2 is 1.86 bits per heavy atom. The third-order valence-corrected chi connectivity index (χ3v) is 3.21. The summed E-state index contributed by atoms with van der Waals surface area (Å²) >= 11 is 11.1. The summed E-state index contributed by atoms with van der Waals surface area (Å²) in [5.41, 5.74) is 7.83. The Balaban J connectivity index is 1.91. The monoisotopic (exact) mass is 319 g/mol. The van der Waals surface area contributed by atoms with Gasteiger partial charge in [-0.15, -0.1) is 0 Å². The molecule has 0 fully saturated rings. The number of amides is 1. The Labute approximate surface area is 133 Å². The smallest absolute Gasteiger partial charge is 0.258 e. The van der Waals surface area contributed by atoms with E-state index in [1.807, 2.05) is 43.3 Å². The van der Waals surface area contributed by atoms with Crippen molar-refractivity contribution in [3.8, 4) is 0 Å². The van der Waals surface area contributed by atoms with Gasteiger partial charge in [0.2, 0.25) is 0 Å². The van der Waals surface area contributed by atoms with Crippen LogP contribution in [0.25, 0.3) is 0 Å². The predicted octanol–water partition coefficient (Wildman–Crippen LogP) is 3.28. The van der Waals surface area contributed by atoms with Crippen molar-refractivity contribution in [2.45, 2.75) is 6.92 Å². The standard InChI is InChI=1S/C15H14ClN3OS/c1-10-7-8-12(13(16)9-10)14(20)17-15(21)19-18-11-5-3-2-4-6-11/h2-9,18H,1H3,(H2,17,19,20,21). The van der Waals surface area contributed by atoms with Gasteiger partial charge in [0, 0.05) is 0 Å². The molecule has 2 rings (SSSR count). The zero-order chi connectivity index (χ0) is 15.2. The summed E-state index contributed by atoms with van der Waals surface area (Å²) in [6.07, 6.45) is 0. The van der Waals surface area contributed by atoms with E-state index in [9.17, 15) is 4.79 Å². The number of benzene rings is 2. The van der Waals surface area contributed by atoms with Crippen molar-refractivity contribution in [3.05, 3.63) is 64.7 Å². The molecule has 6 heteroatoms. The Morgan fingerprint density at radius 3 is 2.52 bits per heavy atom. The number of aryl methyl sites for hydroxylation is 1. The highest BCUT2D eigenvalue weighted by atomic mass is 35.5. The maximum absolute atomic E-state index is 12.0. The molecule has 0 saturated heterocycles. The fourth-order valence-corrected chi connectivity index (χ4v) is 2.12. The van der Waals surface area contributed by atoms with Gasteiger partial charge in [-0.1, -0.05) is 35.9 Å². The van der Waals surface area contributed by atoms with Gasteiger partial charge in [-0.25, -0.2) is 0 Å². The molecule has 1 amide bonds. The van der Waals surface area contributed by atoms with Crippen molar-refractivity contribution < 1.29 is 4.79 Å². The maximum atomic E-state index is 12.0. The fourth-order valence-electron chi connectivity index (χ4n) is 1.66. The first-order valence-electron chi connectivity index (χ1n) is 6.25. The minimum Gasteiger partial charge on any atom is -0.299 e. The second-order valence-corrected chi connectivity index (χ2v) is 5.20. The second-order valence-electron chi connectivity index (χ2n) is 4.38. The number of anilines is 1. The van der Waals surface area contributed by atoms with Gasteiger partial charge in [0.25, 0.3) is 5.91 Å². The summed E-state index contributed by atoms with van der Waals surface area (Å²) in [6.45, 7) is 1.91. The van der Waals surface area contributed by atoms with Crippen LogP contribution in [0.2, 0.25) is 5.02 Å². The number of rotatable bonds is 3. The lowest BCUT2D eigenvalue weighted by molar-refractivity contribution is 0.0977. The fraction of sp³-hybridized carbons (Fsp3) is 0.0667. The first kappa shape index (κ1) is 15.3. The van der Waals surface area contributed by atoms with Crippen molar-refractivity contribution in [1.29, 1.82) is 0 Å². The summed E-state index contributed by atoms with van der Waals surface area (Å²) in [5, 5.41) is 3.12. The second kappa shape index (κ2) is 7.06. The lowest BCUT2D eigenvalue weighted by Crippen LogP contribution is -2.42. The molecular formula is C15H14ClN3OS. The van der Waals surface area contributed by atoms with E-state index in [-0.39, 0.29) is 11.0 Å². The largest absolute Gasteiger partial charge is 0.299 e. The number of hydrazine groups is 1. The van der Waals surface area contributed by atoms with Crippen molar-refractivity contribution in [1.82, 2.24) is 10.7 Å². The molecule has 3 N–H and O–H groups in total. The van der Waals surface area contributed by atoms with Crippen LogP contribution in [0.15, 0.2) is 48.5 Å². The van der Waals surface area contributed by atoms with Crippen LogP contribution in [-0.2, 0) is 0 Å². The highest BCUT2D eigenvalue weighted by molar-refractivity contribution is 7.80. The van der Waals surface area contributed by atoms with E-state index in [2.05, 4.69) is 16.2 Å². The molecule has 0 spiro atoms. The molecule has 0 bridgehead atoms. The van der Waals surface area contributed by atoms with Crippen molar-refractivity contribution in [2.24, 2.45) is 0 Å². The molecule has 0 heterocycles. The lowest BCUT2D eigenvalue weighted by atomic mass is 10.1. The summed E-state index contributed by atoms with van der Waals surface area (Å²) in [6, 6.07) is 14.6. The number of halogens is 1. The van der Waals surface area contributed by atoms with E-state index >= 15 is 0 Å². The first-order chi connectivity index (χ1) is 10.1. The molecule has 0 unspecified atom stereocenters. The number of para-hydroxylation sites is 1. The van der Waals surface area contributed by atoms with Crippen molar-refractivity contribution >= 4 is 40.5 Å². The third-order valence-electron chi connectivity index (χ3n) is 2.69. The minimum absolute atomic E-state index is 0.167. The molecule has 0 saturated carbocycles. The number of hydrogen-bond acceptors (Lipinski definition) is 3. The van der Waals surface area contributed by atoms with E-state index in [4.69, 9.17) is 23.8 Å².